The minimum atomic E-state index is -0.437. The van der Waals surface area contributed by atoms with E-state index in [4.69, 9.17) is 28.3 Å². The highest BCUT2D eigenvalue weighted by Crippen LogP contribution is 2.16. The Balaban J connectivity index is 2.83. The molecule has 1 atom stereocenters. The van der Waals surface area contributed by atoms with Crippen molar-refractivity contribution in [2.75, 3.05) is 6.61 Å². The minimum absolute atomic E-state index is 0.0704. The molecule has 1 aromatic rings. The largest absolute Gasteiger partial charge is 0.394 e. The molecule has 0 unspecified atom stereocenters. The fourth-order valence-electron chi connectivity index (χ4n) is 1.11. The molecule has 1 rings (SSSR count). The van der Waals surface area contributed by atoms with Crippen molar-refractivity contribution < 1.29 is 9.90 Å². The highest BCUT2D eigenvalue weighted by molar-refractivity contribution is 6.34. The Morgan fingerprint density at radius 2 is 2.25 bits per heavy atom. The molecule has 0 saturated carbocycles. The Kier molecular flexibility index (Phi) is 4.99. The summed E-state index contributed by atoms with van der Waals surface area (Å²) in [6, 6.07) is 2.71. The van der Waals surface area contributed by atoms with Crippen LogP contribution in [0.15, 0.2) is 12.1 Å². The summed E-state index contributed by atoms with van der Waals surface area (Å²) in [5, 5.41) is 12.0. The van der Waals surface area contributed by atoms with E-state index in [1.807, 2.05) is 6.92 Å². The average molecular weight is 263 g/mol. The molecule has 88 valence electrons. The second-order valence-electron chi connectivity index (χ2n) is 3.23. The van der Waals surface area contributed by atoms with Crippen LogP contribution in [0, 0.1) is 0 Å². The number of hydrogen-bond donors (Lipinski definition) is 2. The fraction of sp³-hybridized carbons (Fsp3) is 0.400. The standard InChI is InChI=1S/C10H12Cl2N2O2/c1-2-6(5-15)13-10(16)9-7(11)3-4-8(12)14-9/h3-4,6,15H,2,5H2,1H3,(H,13,16)/t6-/m0/s1. The third kappa shape index (κ3) is 3.33. The number of halogens is 2. The van der Waals surface area contributed by atoms with Crippen molar-refractivity contribution in [1.29, 1.82) is 0 Å². The third-order valence-corrected chi connectivity index (χ3v) is 2.59. The second-order valence-corrected chi connectivity index (χ2v) is 4.02. The van der Waals surface area contributed by atoms with Crippen LogP contribution >= 0.6 is 23.2 Å². The van der Waals surface area contributed by atoms with Gasteiger partial charge in [0.15, 0.2) is 0 Å². The number of rotatable bonds is 4. The topological polar surface area (TPSA) is 62.2 Å². The summed E-state index contributed by atoms with van der Waals surface area (Å²) in [7, 11) is 0. The zero-order valence-corrected chi connectivity index (χ0v) is 10.2. The molecule has 0 spiro atoms. The molecule has 0 aliphatic carbocycles. The summed E-state index contributed by atoms with van der Waals surface area (Å²) in [4.78, 5) is 15.6. The Morgan fingerprint density at radius 1 is 1.56 bits per heavy atom. The molecular formula is C10H12Cl2N2O2. The lowest BCUT2D eigenvalue weighted by Gasteiger charge is -2.13. The summed E-state index contributed by atoms with van der Waals surface area (Å²) in [6.45, 7) is 1.73. The molecule has 4 nitrogen and oxygen atoms in total. The van der Waals surface area contributed by atoms with Gasteiger partial charge in [0.25, 0.3) is 5.91 Å². The van der Waals surface area contributed by atoms with Crippen LogP contribution in [0.5, 0.6) is 0 Å². The van der Waals surface area contributed by atoms with Gasteiger partial charge in [-0.05, 0) is 18.6 Å². The fourth-order valence-corrected chi connectivity index (χ4v) is 1.45. The number of aliphatic hydroxyl groups excluding tert-OH is 1. The Bertz CT molecular complexity index is 381. The lowest BCUT2D eigenvalue weighted by molar-refractivity contribution is 0.0910. The van der Waals surface area contributed by atoms with Crippen LogP contribution < -0.4 is 5.32 Å². The van der Waals surface area contributed by atoms with Gasteiger partial charge in [-0.15, -0.1) is 0 Å². The lowest BCUT2D eigenvalue weighted by atomic mass is 10.2. The summed E-state index contributed by atoms with van der Waals surface area (Å²) < 4.78 is 0. The van der Waals surface area contributed by atoms with Crippen molar-refractivity contribution in [2.45, 2.75) is 19.4 Å². The SMILES string of the molecule is CC[C@@H](CO)NC(=O)c1nc(Cl)ccc1Cl. The molecule has 0 radical (unpaired) electrons. The maximum Gasteiger partial charge on any atom is 0.271 e. The van der Waals surface area contributed by atoms with E-state index in [1.54, 1.807) is 0 Å². The third-order valence-electron chi connectivity index (χ3n) is 2.08. The molecule has 0 aliphatic rings. The number of aromatic nitrogens is 1. The van der Waals surface area contributed by atoms with Gasteiger partial charge in [-0.3, -0.25) is 4.79 Å². The summed E-state index contributed by atoms with van der Waals surface area (Å²) in [5.41, 5.74) is 0.0704. The van der Waals surface area contributed by atoms with Gasteiger partial charge in [0, 0.05) is 0 Å². The van der Waals surface area contributed by atoms with Gasteiger partial charge in [0.1, 0.15) is 10.8 Å². The monoisotopic (exact) mass is 262 g/mol. The van der Waals surface area contributed by atoms with Crippen molar-refractivity contribution >= 4 is 29.1 Å². The number of nitrogens with zero attached hydrogens (tertiary/aromatic N) is 1. The zero-order chi connectivity index (χ0) is 12.1. The van der Waals surface area contributed by atoms with E-state index in [0.717, 1.165) is 0 Å². The smallest absolute Gasteiger partial charge is 0.271 e. The van der Waals surface area contributed by atoms with Gasteiger partial charge in [-0.25, -0.2) is 4.98 Å². The highest BCUT2D eigenvalue weighted by Gasteiger charge is 2.16. The van der Waals surface area contributed by atoms with Crippen molar-refractivity contribution in [1.82, 2.24) is 10.3 Å². The van der Waals surface area contributed by atoms with E-state index in [0.29, 0.717) is 6.42 Å². The van der Waals surface area contributed by atoms with Crippen LogP contribution in [0.4, 0.5) is 0 Å². The second kappa shape index (κ2) is 6.03. The maximum atomic E-state index is 11.7. The van der Waals surface area contributed by atoms with E-state index in [-0.39, 0.29) is 28.5 Å². The average Bonchev–Trinajstić information content (AvgIpc) is 2.28. The molecular weight excluding hydrogens is 251 g/mol. The van der Waals surface area contributed by atoms with Crippen molar-refractivity contribution in [3.05, 3.63) is 28.0 Å². The molecule has 0 aliphatic heterocycles. The first-order valence-corrected chi connectivity index (χ1v) is 5.57. The van der Waals surface area contributed by atoms with Crippen LogP contribution in [-0.2, 0) is 0 Å². The zero-order valence-electron chi connectivity index (χ0n) is 8.70. The van der Waals surface area contributed by atoms with Gasteiger partial charge in [-0.1, -0.05) is 30.1 Å². The molecule has 0 bridgehead atoms. The van der Waals surface area contributed by atoms with Crippen LogP contribution in [0.1, 0.15) is 23.8 Å². The Labute approximate surface area is 104 Å². The highest BCUT2D eigenvalue weighted by atomic mass is 35.5. The molecule has 2 N–H and O–H groups in total. The van der Waals surface area contributed by atoms with Gasteiger partial charge in [-0.2, -0.15) is 0 Å². The number of amides is 1. The van der Waals surface area contributed by atoms with E-state index >= 15 is 0 Å². The lowest BCUT2D eigenvalue weighted by Crippen LogP contribution is -2.37. The molecule has 1 aromatic heterocycles. The first-order chi connectivity index (χ1) is 7.58. The minimum Gasteiger partial charge on any atom is -0.394 e. The van der Waals surface area contributed by atoms with Crippen LogP contribution in [-0.4, -0.2) is 28.6 Å². The van der Waals surface area contributed by atoms with Gasteiger partial charge < -0.3 is 10.4 Å². The molecule has 0 saturated heterocycles. The predicted molar refractivity (Wildman–Crippen MR) is 62.9 cm³/mol. The summed E-state index contributed by atoms with van der Waals surface area (Å²) in [5.74, 6) is -0.437. The van der Waals surface area contributed by atoms with Gasteiger partial charge in [0.05, 0.1) is 17.7 Å². The number of hydrogen-bond acceptors (Lipinski definition) is 3. The van der Waals surface area contributed by atoms with Gasteiger partial charge in [0.2, 0.25) is 0 Å². The van der Waals surface area contributed by atoms with Crippen molar-refractivity contribution in [3.63, 3.8) is 0 Å². The molecule has 6 heteroatoms. The summed E-state index contributed by atoms with van der Waals surface area (Å²) in [6.07, 6.45) is 0.625. The number of carbonyl (C=O) groups is 1. The van der Waals surface area contributed by atoms with E-state index < -0.39 is 5.91 Å². The van der Waals surface area contributed by atoms with E-state index in [9.17, 15) is 4.79 Å². The molecule has 16 heavy (non-hydrogen) atoms. The quantitative estimate of drug-likeness (QED) is 0.815. The number of aliphatic hydroxyl groups is 1. The van der Waals surface area contributed by atoms with Crippen LogP contribution in [0.3, 0.4) is 0 Å². The van der Waals surface area contributed by atoms with Crippen molar-refractivity contribution in [3.8, 4) is 0 Å². The predicted octanol–water partition coefficient (Wildman–Crippen LogP) is 1.89. The van der Waals surface area contributed by atoms with E-state index in [2.05, 4.69) is 10.3 Å². The molecule has 0 fully saturated rings. The maximum absolute atomic E-state index is 11.7. The Hall–Kier alpha value is -0.840. The molecule has 0 aromatic carbocycles. The number of nitrogens with one attached hydrogen (secondary N) is 1. The molecule has 1 heterocycles. The molecule has 1 amide bonds. The van der Waals surface area contributed by atoms with Gasteiger partial charge >= 0.3 is 0 Å². The number of pyridine rings is 1. The van der Waals surface area contributed by atoms with Crippen molar-refractivity contribution in [2.24, 2.45) is 0 Å². The van der Waals surface area contributed by atoms with E-state index in [1.165, 1.54) is 12.1 Å². The normalized spacial score (nSPS) is 12.2. The van der Waals surface area contributed by atoms with Crippen LogP contribution in [0.25, 0.3) is 0 Å². The Morgan fingerprint density at radius 3 is 2.81 bits per heavy atom. The first-order valence-electron chi connectivity index (χ1n) is 4.82. The summed E-state index contributed by atoms with van der Waals surface area (Å²) >= 11 is 11.5. The van der Waals surface area contributed by atoms with Crippen LogP contribution in [0.2, 0.25) is 10.2 Å². The number of carbonyl (C=O) groups excluding carboxylic acids is 1. The first kappa shape index (κ1) is 13.2.